The highest BCUT2D eigenvalue weighted by molar-refractivity contribution is 5.94. The average Bonchev–Trinajstić information content (AvgIpc) is 2.82. The Bertz CT molecular complexity index is 526. The summed E-state index contributed by atoms with van der Waals surface area (Å²) in [6.07, 6.45) is 3.13. The van der Waals surface area contributed by atoms with Gasteiger partial charge in [-0.25, -0.2) is 13.8 Å². The summed E-state index contributed by atoms with van der Waals surface area (Å²) in [5.41, 5.74) is -0.323. The van der Waals surface area contributed by atoms with Crippen LogP contribution >= 0.6 is 0 Å². The molecule has 17 heavy (non-hydrogen) atoms. The Morgan fingerprint density at radius 1 is 1.41 bits per heavy atom. The number of carbonyl (C=O) groups is 1. The lowest BCUT2D eigenvalue weighted by atomic mass is 10.2. The summed E-state index contributed by atoms with van der Waals surface area (Å²) in [6, 6.07) is 2.72. The van der Waals surface area contributed by atoms with E-state index in [-0.39, 0.29) is 12.1 Å². The normalized spacial score (nSPS) is 10.2. The number of benzene rings is 1. The number of amides is 1. The van der Waals surface area contributed by atoms with Gasteiger partial charge in [-0.15, -0.1) is 0 Å². The van der Waals surface area contributed by atoms with Gasteiger partial charge in [0.05, 0.1) is 12.1 Å². The highest BCUT2D eigenvalue weighted by atomic mass is 19.1. The van der Waals surface area contributed by atoms with Crippen LogP contribution in [0.4, 0.5) is 8.78 Å². The van der Waals surface area contributed by atoms with Crippen LogP contribution in [0.5, 0.6) is 0 Å². The van der Waals surface area contributed by atoms with Crippen LogP contribution in [-0.2, 0) is 6.54 Å². The third-order valence-corrected chi connectivity index (χ3v) is 2.14. The summed E-state index contributed by atoms with van der Waals surface area (Å²) in [5, 5.41) is 2.43. The molecule has 6 heteroatoms. The van der Waals surface area contributed by atoms with E-state index in [0.29, 0.717) is 5.82 Å². The molecule has 1 aromatic carbocycles. The van der Waals surface area contributed by atoms with Crippen LogP contribution in [0.3, 0.4) is 0 Å². The van der Waals surface area contributed by atoms with Crippen LogP contribution in [0.2, 0.25) is 0 Å². The predicted molar refractivity (Wildman–Crippen MR) is 56.1 cm³/mol. The number of nitrogens with one attached hydrogen (secondary N) is 2. The van der Waals surface area contributed by atoms with Gasteiger partial charge >= 0.3 is 0 Å². The van der Waals surface area contributed by atoms with Gasteiger partial charge in [0.25, 0.3) is 5.91 Å². The second-order valence-corrected chi connectivity index (χ2v) is 3.34. The molecule has 1 heterocycles. The smallest absolute Gasteiger partial charge is 0.254 e. The number of rotatable bonds is 3. The third-order valence-electron chi connectivity index (χ3n) is 2.14. The van der Waals surface area contributed by atoms with Crippen molar-refractivity contribution >= 4 is 5.91 Å². The van der Waals surface area contributed by atoms with Gasteiger partial charge in [0.15, 0.2) is 0 Å². The summed E-state index contributed by atoms with van der Waals surface area (Å²) in [6.45, 7) is 0.127. The van der Waals surface area contributed by atoms with Crippen molar-refractivity contribution in [1.82, 2.24) is 15.3 Å². The molecule has 0 bridgehead atoms. The van der Waals surface area contributed by atoms with Gasteiger partial charge in [-0.1, -0.05) is 0 Å². The average molecular weight is 237 g/mol. The van der Waals surface area contributed by atoms with Crippen molar-refractivity contribution in [3.8, 4) is 0 Å². The van der Waals surface area contributed by atoms with E-state index >= 15 is 0 Å². The van der Waals surface area contributed by atoms with E-state index in [1.54, 1.807) is 6.20 Å². The molecule has 0 fully saturated rings. The fraction of sp³-hybridized carbons (Fsp3) is 0.0909. The van der Waals surface area contributed by atoms with Gasteiger partial charge in [0.2, 0.25) is 0 Å². The minimum Gasteiger partial charge on any atom is -0.347 e. The van der Waals surface area contributed by atoms with Gasteiger partial charge in [0.1, 0.15) is 17.5 Å². The number of hydrogen-bond donors (Lipinski definition) is 2. The summed E-state index contributed by atoms with van der Waals surface area (Å²) in [7, 11) is 0. The number of hydrogen-bond acceptors (Lipinski definition) is 2. The van der Waals surface area contributed by atoms with Gasteiger partial charge in [0, 0.05) is 12.4 Å². The van der Waals surface area contributed by atoms with Crippen molar-refractivity contribution in [3.05, 3.63) is 53.6 Å². The molecular formula is C11H9F2N3O. The second-order valence-electron chi connectivity index (χ2n) is 3.34. The van der Waals surface area contributed by atoms with Crippen molar-refractivity contribution in [2.24, 2.45) is 0 Å². The Labute approximate surface area is 95.7 Å². The highest BCUT2D eigenvalue weighted by Gasteiger charge is 2.12. The first-order valence-electron chi connectivity index (χ1n) is 4.88. The maximum Gasteiger partial charge on any atom is 0.254 e. The zero-order chi connectivity index (χ0) is 12.3. The first kappa shape index (κ1) is 11.3. The molecule has 1 aromatic heterocycles. The van der Waals surface area contributed by atoms with Crippen molar-refractivity contribution in [1.29, 1.82) is 0 Å². The van der Waals surface area contributed by atoms with Gasteiger partial charge < -0.3 is 10.3 Å². The lowest BCUT2D eigenvalue weighted by Crippen LogP contribution is -2.24. The molecule has 0 unspecified atom stereocenters. The molecule has 0 aliphatic heterocycles. The maximum atomic E-state index is 13.2. The second kappa shape index (κ2) is 4.73. The first-order chi connectivity index (χ1) is 8.16. The molecule has 2 aromatic rings. The molecule has 0 spiro atoms. The van der Waals surface area contributed by atoms with Crippen molar-refractivity contribution in [3.63, 3.8) is 0 Å². The SMILES string of the molecule is O=C(NCc1ncc[nH]1)c1cc(F)ccc1F. The molecule has 0 saturated carbocycles. The van der Waals surface area contributed by atoms with Crippen molar-refractivity contribution < 1.29 is 13.6 Å². The number of nitrogens with zero attached hydrogens (tertiary/aromatic N) is 1. The van der Waals surface area contributed by atoms with Gasteiger partial charge in [-0.05, 0) is 18.2 Å². The van der Waals surface area contributed by atoms with E-state index < -0.39 is 17.5 Å². The van der Waals surface area contributed by atoms with Crippen molar-refractivity contribution in [2.45, 2.75) is 6.54 Å². The minimum atomic E-state index is -0.761. The van der Waals surface area contributed by atoms with E-state index in [2.05, 4.69) is 15.3 Å². The van der Waals surface area contributed by atoms with Crippen LogP contribution in [0, 0.1) is 11.6 Å². The quantitative estimate of drug-likeness (QED) is 0.852. The number of imidazole rings is 1. The highest BCUT2D eigenvalue weighted by Crippen LogP contribution is 2.09. The number of aromatic nitrogens is 2. The third kappa shape index (κ3) is 2.66. The standard InChI is InChI=1S/C11H9F2N3O/c12-7-1-2-9(13)8(5-7)11(17)16-6-10-14-3-4-15-10/h1-5H,6H2,(H,14,15)(H,16,17). The number of carbonyl (C=O) groups excluding carboxylic acids is 1. The lowest BCUT2D eigenvalue weighted by molar-refractivity contribution is 0.0945. The monoisotopic (exact) mass is 237 g/mol. The van der Waals surface area contributed by atoms with E-state index in [1.807, 2.05) is 0 Å². The molecule has 2 N–H and O–H groups in total. The van der Waals surface area contributed by atoms with E-state index in [1.165, 1.54) is 6.20 Å². The van der Waals surface area contributed by atoms with E-state index in [0.717, 1.165) is 18.2 Å². The largest absolute Gasteiger partial charge is 0.347 e. The Hall–Kier alpha value is -2.24. The molecule has 2 rings (SSSR count). The fourth-order valence-corrected chi connectivity index (χ4v) is 1.33. The molecule has 4 nitrogen and oxygen atoms in total. The molecule has 0 radical (unpaired) electrons. The van der Waals surface area contributed by atoms with Gasteiger partial charge in [-0.3, -0.25) is 4.79 Å². The Morgan fingerprint density at radius 2 is 2.24 bits per heavy atom. The summed E-state index contributed by atoms with van der Waals surface area (Å²) >= 11 is 0. The molecule has 88 valence electrons. The lowest BCUT2D eigenvalue weighted by Gasteiger charge is -2.04. The zero-order valence-corrected chi connectivity index (χ0v) is 8.71. The fourth-order valence-electron chi connectivity index (χ4n) is 1.33. The molecule has 0 aliphatic carbocycles. The molecule has 0 aliphatic rings. The van der Waals surface area contributed by atoms with E-state index in [4.69, 9.17) is 0 Å². The van der Waals surface area contributed by atoms with Crippen LogP contribution in [-0.4, -0.2) is 15.9 Å². The van der Waals surface area contributed by atoms with Crippen LogP contribution in [0.25, 0.3) is 0 Å². The minimum absolute atomic E-state index is 0.127. The van der Waals surface area contributed by atoms with E-state index in [9.17, 15) is 13.6 Å². The summed E-state index contributed by atoms with van der Waals surface area (Å²) in [4.78, 5) is 18.2. The zero-order valence-electron chi connectivity index (χ0n) is 8.71. The number of H-pyrrole nitrogens is 1. The molecular weight excluding hydrogens is 228 g/mol. The Balaban J connectivity index is 2.07. The number of aromatic amines is 1. The molecule has 0 saturated heterocycles. The summed E-state index contributed by atoms with van der Waals surface area (Å²) < 4.78 is 26.1. The Morgan fingerprint density at radius 3 is 2.94 bits per heavy atom. The molecule has 1 amide bonds. The van der Waals surface area contributed by atoms with Gasteiger partial charge in [-0.2, -0.15) is 0 Å². The first-order valence-corrected chi connectivity index (χ1v) is 4.88. The predicted octanol–water partition coefficient (Wildman–Crippen LogP) is 1.62. The molecule has 0 atom stereocenters. The van der Waals surface area contributed by atoms with Crippen LogP contribution in [0.1, 0.15) is 16.2 Å². The number of halogens is 2. The topological polar surface area (TPSA) is 57.8 Å². The maximum absolute atomic E-state index is 13.2. The Kier molecular flexibility index (Phi) is 3.13. The summed E-state index contributed by atoms with van der Waals surface area (Å²) in [5.74, 6) is -1.56. The van der Waals surface area contributed by atoms with Crippen LogP contribution in [0.15, 0.2) is 30.6 Å². The van der Waals surface area contributed by atoms with Crippen molar-refractivity contribution in [2.75, 3.05) is 0 Å². The van der Waals surface area contributed by atoms with Crippen LogP contribution < -0.4 is 5.32 Å².